The summed E-state index contributed by atoms with van der Waals surface area (Å²) in [4.78, 5) is 0. The maximum absolute atomic E-state index is 10.0. The van der Waals surface area contributed by atoms with Gasteiger partial charge in [-0.1, -0.05) is 35.9 Å². The van der Waals surface area contributed by atoms with Gasteiger partial charge in [-0.25, -0.2) is 0 Å². The van der Waals surface area contributed by atoms with E-state index in [1.165, 1.54) is 0 Å². The zero-order valence-corrected chi connectivity index (χ0v) is 12.3. The van der Waals surface area contributed by atoms with Crippen LogP contribution in [0.5, 0.6) is 11.5 Å². The Morgan fingerprint density at radius 3 is 2.55 bits per heavy atom. The van der Waals surface area contributed by atoms with Crippen LogP contribution in [0.3, 0.4) is 0 Å². The molecule has 0 spiro atoms. The Bertz CT molecular complexity index is 569. The van der Waals surface area contributed by atoms with Gasteiger partial charge in [0.15, 0.2) is 11.5 Å². The Balaban J connectivity index is 2.03. The lowest BCUT2D eigenvalue weighted by Gasteiger charge is -2.15. The van der Waals surface area contributed by atoms with Crippen LogP contribution in [-0.2, 0) is 6.54 Å². The van der Waals surface area contributed by atoms with E-state index in [1.807, 2.05) is 36.4 Å². The molecule has 0 radical (unpaired) electrons. The van der Waals surface area contributed by atoms with E-state index in [4.69, 9.17) is 16.3 Å². The Hall–Kier alpha value is -1.71. The standard InChI is InChI=1S/C16H18ClNO2/c1-11(12-6-8-14(17)9-7-12)18-10-13-4-3-5-15(20-2)16(13)19/h3-9,11,18-19H,10H2,1-2H3. The summed E-state index contributed by atoms with van der Waals surface area (Å²) in [5.74, 6) is 0.675. The number of benzene rings is 2. The van der Waals surface area contributed by atoms with Gasteiger partial charge in [0.05, 0.1) is 7.11 Å². The molecule has 2 N–H and O–H groups in total. The summed E-state index contributed by atoms with van der Waals surface area (Å²) in [6, 6.07) is 13.4. The summed E-state index contributed by atoms with van der Waals surface area (Å²) in [6.07, 6.45) is 0. The van der Waals surface area contributed by atoms with Crippen molar-refractivity contribution in [2.45, 2.75) is 19.5 Å². The topological polar surface area (TPSA) is 41.5 Å². The van der Waals surface area contributed by atoms with Crippen LogP contribution >= 0.6 is 11.6 Å². The molecule has 0 aliphatic heterocycles. The minimum absolute atomic E-state index is 0.165. The first-order valence-electron chi connectivity index (χ1n) is 6.45. The number of phenolic OH excluding ortho intramolecular Hbond substituents is 1. The van der Waals surface area contributed by atoms with Crippen LogP contribution in [0, 0.1) is 0 Å². The molecule has 2 aromatic rings. The molecule has 0 fully saturated rings. The lowest BCUT2D eigenvalue weighted by atomic mass is 10.1. The summed E-state index contributed by atoms with van der Waals surface area (Å²) >= 11 is 5.88. The first kappa shape index (κ1) is 14.7. The van der Waals surface area contributed by atoms with Gasteiger partial charge in [-0.15, -0.1) is 0 Å². The van der Waals surface area contributed by atoms with Gasteiger partial charge in [-0.2, -0.15) is 0 Å². The number of aromatic hydroxyl groups is 1. The van der Waals surface area contributed by atoms with Gasteiger partial charge >= 0.3 is 0 Å². The molecule has 0 saturated carbocycles. The maximum Gasteiger partial charge on any atom is 0.162 e. The summed E-state index contributed by atoms with van der Waals surface area (Å²) in [6.45, 7) is 2.63. The smallest absolute Gasteiger partial charge is 0.162 e. The van der Waals surface area contributed by atoms with Crippen molar-refractivity contribution in [3.05, 3.63) is 58.6 Å². The minimum Gasteiger partial charge on any atom is -0.504 e. The Labute approximate surface area is 124 Å². The van der Waals surface area contributed by atoms with Crippen molar-refractivity contribution < 1.29 is 9.84 Å². The highest BCUT2D eigenvalue weighted by atomic mass is 35.5. The van der Waals surface area contributed by atoms with E-state index in [9.17, 15) is 5.11 Å². The third-order valence-electron chi connectivity index (χ3n) is 3.27. The summed E-state index contributed by atoms with van der Waals surface area (Å²) in [5, 5.41) is 14.1. The van der Waals surface area contributed by atoms with Gasteiger partial charge in [-0.05, 0) is 30.7 Å². The third-order valence-corrected chi connectivity index (χ3v) is 3.52. The third kappa shape index (κ3) is 3.44. The predicted molar refractivity (Wildman–Crippen MR) is 81.4 cm³/mol. The van der Waals surface area contributed by atoms with Crippen LogP contribution in [0.4, 0.5) is 0 Å². The number of halogens is 1. The largest absolute Gasteiger partial charge is 0.504 e. The van der Waals surface area contributed by atoms with E-state index in [0.717, 1.165) is 16.1 Å². The van der Waals surface area contributed by atoms with Crippen molar-refractivity contribution >= 4 is 11.6 Å². The molecule has 0 aliphatic rings. The molecule has 0 bridgehead atoms. The van der Waals surface area contributed by atoms with Crippen molar-refractivity contribution in [1.82, 2.24) is 5.32 Å². The number of nitrogens with one attached hydrogen (secondary N) is 1. The zero-order valence-electron chi connectivity index (χ0n) is 11.6. The van der Waals surface area contributed by atoms with E-state index in [-0.39, 0.29) is 11.8 Å². The fourth-order valence-electron chi connectivity index (χ4n) is 2.01. The minimum atomic E-state index is 0.165. The number of hydrogen-bond acceptors (Lipinski definition) is 3. The van der Waals surface area contributed by atoms with E-state index < -0.39 is 0 Å². The van der Waals surface area contributed by atoms with Crippen LogP contribution < -0.4 is 10.1 Å². The molecule has 2 rings (SSSR count). The average molecular weight is 292 g/mol. The van der Waals surface area contributed by atoms with Crippen molar-refractivity contribution in [2.75, 3.05) is 7.11 Å². The molecule has 3 nitrogen and oxygen atoms in total. The van der Waals surface area contributed by atoms with Crippen LogP contribution in [0.2, 0.25) is 5.02 Å². The number of ether oxygens (including phenoxy) is 1. The molecule has 0 aliphatic carbocycles. The van der Waals surface area contributed by atoms with Crippen LogP contribution in [0.25, 0.3) is 0 Å². The highest BCUT2D eigenvalue weighted by molar-refractivity contribution is 6.30. The Morgan fingerprint density at radius 2 is 1.90 bits per heavy atom. The number of hydrogen-bond donors (Lipinski definition) is 2. The van der Waals surface area contributed by atoms with E-state index in [2.05, 4.69) is 12.2 Å². The summed E-state index contributed by atoms with van der Waals surface area (Å²) in [7, 11) is 1.54. The van der Waals surface area contributed by atoms with Crippen LogP contribution in [0.1, 0.15) is 24.1 Å². The van der Waals surface area contributed by atoms with Gasteiger partial charge in [-0.3, -0.25) is 0 Å². The lowest BCUT2D eigenvalue weighted by molar-refractivity contribution is 0.369. The zero-order chi connectivity index (χ0) is 14.5. The first-order valence-corrected chi connectivity index (χ1v) is 6.83. The molecule has 0 amide bonds. The van der Waals surface area contributed by atoms with Crippen molar-refractivity contribution in [2.24, 2.45) is 0 Å². The molecule has 2 aromatic carbocycles. The monoisotopic (exact) mass is 291 g/mol. The van der Waals surface area contributed by atoms with Gasteiger partial charge in [0, 0.05) is 23.2 Å². The molecule has 1 atom stereocenters. The lowest BCUT2D eigenvalue weighted by Crippen LogP contribution is -2.18. The first-order chi connectivity index (χ1) is 9.61. The molecule has 4 heteroatoms. The van der Waals surface area contributed by atoms with Crippen LogP contribution in [0.15, 0.2) is 42.5 Å². The van der Waals surface area contributed by atoms with Gasteiger partial charge < -0.3 is 15.2 Å². The Kier molecular flexibility index (Phi) is 4.88. The molecule has 0 saturated heterocycles. The molecule has 106 valence electrons. The fraction of sp³-hybridized carbons (Fsp3) is 0.250. The maximum atomic E-state index is 10.0. The quantitative estimate of drug-likeness (QED) is 0.878. The van der Waals surface area contributed by atoms with Gasteiger partial charge in [0.2, 0.25) is 0 Å². The number of methoxy groups -OCH3 is 1. The van der Waals surface area contributed by atoms with Crippen molar-refractivity contribution in [3.8, 4) is 11.5 Å². The summed E-state index contributed by atoms with van der Waals surface area (Å²) in [5.41, 5.74) is 1.96. The molecular weight excluding hydrogens is 274 g/mol. The second-order valence-electron chi connectivity index (χ2n) is 4.62. The second kappa shape index (κ2) is 6.64. The van der Waals surface area contributed by atoms with E-state index in [1.54, 1.807) is 13.2 Å². The number of rotatable bonds is 5. The summed E-state index contributed by atoms with van der Waals surface area (Å²) < 4.78 is 5.10. The van der Waals surface area contributed by atoms with Crippen LogP contribution in [-0.4, -0.2) is 12.2 Å². The van der Waals surface area contributed by atoms with Crippen molar-refractivity contribution in [1.29, 1.82) is 0 Å². The SMILES string of the molecule is COc1cccc(CNC(C)c2ccc(Cl)cc2)c1O. The number of phenols is 1. The second-order valence-corrected chi connectivity index (χ2v) is 5.06. The molecule has 0 aromatic heterocycles. The van der Waals surface area contributed by atoms with E-state index >= 15 is 0 Å². The van der Waals surface area contributed by atoms with Gasteiger partial charge in [0.1, 0.15) is 0 Å². The highest BCUT2D eigenvalue weighted by Crippen LogP contribution is 2.29. The number of para-hydroxylation sites is 1. The van der Waals surface area contributed by atoms with E-state index in [0.29, 0.717) is 12.3 Å². The molecular formula is C16H18ClNO2. The van der Waals surface area contributed by atoms with Crippen molar-refractivity contribution in [3.63, 3.8) is 0 Å². The highest BCUT2D eigenvalue weighted by Gasteiger charge is 2.09. The Morgan fingerprint density at radius 1 is 1.20 bits per heavy atom. The average Bonchev–Trinajstić information content (AvgIpc) is 2.46. The fourth-order valence-corrected chi connectivity index (χ4v) is 2.13. The predicted octanol–water partition coefficient (Wildman–Crippen LogP) is 3.91. The molecule has 20 heavy (non-hydrogen) atoms. The molecule has 1 unspecified atom stereocenters. The normalized spacial score (nSPS) is 12.2. The van der Waals surface area contributed by atoms with Gasteiger partial charge in [0.25, 0.3) is 0 Å². The molecule has 0 heterocycles.